The number of benzene rings is 2. The summed E-state index contributed by atoms with van der Waals surface area (Å²) in [7, 11) is 3.32. The molecule has 0 aliphatic carbocycles. The normalized spacial score (nSPS) is 13.7. The van der Waals surface area contributed by atoms with Crippen LogP contribution in [0.25, 0.3) is 0 Å². The van der Waals surface area contributed by atoms with E-state index in [0.717, 1.165) is 6.07 Å². The number of halogens is 2. The van der Waals surface area contributed by atoms with Crippen LogP contribution in [0.2, 0.25) is 0 Å². The van der Waals surface area contributed by atoms with Gasteiger partial charge in [0.15, 0.2) is 5.60 Å². The van der Waals surface area contributed by atoms with Gasteiger partial charge in [0.2, 0.25) is 0 Å². The third-order valence-electron chi connectivity index (χ3n) is 4.42. The Morgan fingerprint density at radius 1 is 1.21 bits per heavy atom. The summed E-state index contributed by atoms with van der Waals surface area (Å²) in [5.74, 6) is -1.99. The quantitative estimate of drug-likeness (QED) is 0.467. The van der Waals surface area contributed by atoms with Gasteiger partial charge in [-0.05, 0) is 24.3 Å². The highest BCUT2D eigenvalue weighted by molar-refractivity contribution is 5.93. The molecule has 1 amide bonds. The van der Waals surface area contributed by atoms with Crippen LogP contribution in [-0.4, -0.2) is 51.0 Å². The molecule has 1 heterocycles. The van der Waals surface area contributed by atoms with Crippen LogP contribution >= 0.6 is 0 Å². The molecule has 0 aliphatic heterocycles. The smallest absolute Gasteiger partial charge is 0.295 e. The van der Waals surface area contributed by atoms with Gasteiger partial charge in [0, 0.05) is 17.2 Å². The highest BCUT2D eigenvalue weighted by Gasteiger charge is 2.41. The van der Waals surface area contributed by atoms with Crippen LogP contribution in [0, 0.1) is 11.6 Å². The van der Waals surface area contributed by atoms with Gasteiger partial charge in [0.25, 0.3) is 5.91 Å². The molecule has 1 unspecified atom stereocenters. The summed E-state index contributed by atoms with van der Waals surface area (Å²) in [6, 6.07) is 11.6. The van der Waals surface area contributed by atoms with E-state index in [1.807, 2.05) is 0 Å². The number of amides is 1. The fraction of sp³-hybridized carbons (Fsp3) is 0.250. The van der Waals surface area contributed by atoms with E-state index in [2.05, 4.69) is 15.5 Å². The Labute approximate surface area is 166 Å². The molecule has 3 aromatic rings. The van der Waals surface area contributed by atoms with Crippen molar-refractivity contribution >= 4 is 5.91 Å². The number of nitrogens with one attached hydrogen (secondary N) is 1. The third-order valence-corrected chi connectivity index (χ3v) is 4.42. The Morgan fingerprint density at radius 2 is 1.93 bits per heavy atom. The third kappa shape index (κ3) is 5.01. The molecule has 0 saturated carbocycles. The molecule has 0 aliphatic rings. The zero-order valence-corrected chi connectivity index (χ0v) is 16.1. The average molecular weight is 402 g/mol. The first-order chi connectivity index (χ1) is 13.7. The highest BCUT2D eigenvalue weighted by Crippen LogP contribution is 2.28. The van der Waals surface area contributed by atoms with E-state index >= 15 is 0 Å². The molecular formula is C20H22F2N5O2+. The largest absolute Gasteiger partial charge is 0.377 e. The van der Waals surface area contributed by atoms with Crippen LogP contribution in [0.1, 0.15) is 15.9 Å². The minimum Gasteiger partial charge on any atom is -0.377 e. The molecule has 7 nitrogen and oxygen atoms in total. The predicted molar refractivity (Wildman–Crippen MR) is 101 cm³/mol. The summed E-state index contributed by atoms with van der Waals surface area (Å²) in [4.78, 5) is 16.4. The second kappa shape index (κ2) is 8.06. The fourth-order valence-corrected chi connectivity index (χ4v) is 3.29. The number of quaternary nitrogens is 1. The lowest BCUT2D eigenvalue weighted by Gasteiger charge is -2.37. The zero-order valence-electron chi connectivity index (χ0n) is 16.1. The van der Waals surface area contributed by atoms with Crippen molar-refractivity contribution < 1.29 is 23.3 Å². The summed E-state index contributed by atoms with van der Waals surface area (Å²) in [6.07, 6.45) is 2.67. The number of rotatable bonds is 7. The molecule has 3 rings (SSSR count). The lowest BCUT2D eigenvalue weighted by atomic mass is 9.92. The predicted octanol–water partition coefficient (Wildman–Crippen LogP) is 1.87. The fourth-order valence-electron chi connectivity index (χ4n) is 3.29. The van der Waals surface area contributed by atoms with E-state index in [1.165, 1.54) is 23.4 Å². The lowest BCUT2D eigenvalue weighted by molar-refractivity contribution is -0.931. The van der Waals surface area contributed by atoms with E-state index in [1.54, 1.807) is 44.4 Å². The van der Waals surface area contributed by atoms with Gasteiger partial charge in [-0.15, -0.1) is 0 Å². The highest BCUT2D eigenvalue weighted by atomic mass is 19.1. The number of nitrogens with zero attached hydrogens (tertiary/aromatic N) is 4. The average Bonchev–Trinajstić information content (AvgIpc) is 3.13. The first kappa shape index (κ1) is 20.6. The summed E-state index contributed by atoms with van der Waals surface area (Å²) in [5, 5.41) is 15.4. The molecule has 1 atom stereocenters. The number of hydrogen-bond acceptors (Lipinski definition) is 4. The molecule has 1 aromatic heterocycles. The van der Waals surface area contributed by atoms with E-state index in [4.69, 9.17) is 0 Å². The Morgan fingerprint density at radius 3 is 2.55 bits per heavy atom. The minimum atomic E-state index is -1.81. The minimum absolute atomic E-state index is 0.102. The molecular weight excluding hydrogens is 380 g/mol. The molecule has 9 heteroatoms. The van der Waals surface area contributed by atoms with Crippen molar-refractivity contribution in [3.63, 3.8) is 0 Å². The Bertz CT molecular complexity index is 980. The molecule has 0 saturated heterocycles. The molecule has 2 aromatic carbocycles. The van der Waals surface area contributed by atoms with Crippen molar-refractivity contribution in [1.82, 2.24) is 20.2 Å². The monoisotopic (exact) mass is 402 g/mol. The number of hydrogen-bond donors (Lipinski definition) is 2. The van der Waals surface area contributed by atoms with Crippen molar-refractivity contribution in [3.05, 3.63) is 83.9 Å². The summed E-state index contributed by atoms with van der Waals surface area (Å²) < 4.78 is 29.1. The molecule has 29 heavy (non-hydrogen) atoms. The maximum Gasteiger partial charge on any atom is 0.295 e. The van der Waals surface area contributed by atoms with E-state index in [-0.39, 0.29) is 29.2 Å². The van der Waals surface area contributed by atoms with Gasteiger partial charge < -0.3 is 5.11 Å². The number of aromatic nitrogens is 3. The van der Waals surface area contributed by atoms with Gasteiger partial charge in [-0.3, -0.25) is 4.79 Å². The molecule has 0 spiro atoms. The molecule has 0 bridgehead atoms. The van der Waals surface area contributed by atoms with Gasteiger partial charge >= 0.3 is 0 Å². The second-order valence-electron chi connectivity index (χ2n) is 7.40. The van der Waals surface area contributed by atoms with Crippen LogP contribution < -0.4 is 5.43 Å². The van der Waals surface area contributed by atoms with Crippen LogP contribution in [0.15, 0.2) is 61.2 Å². The zero-order chi connectivity index (χ0) is 21.1. The van der Waals surface area contributed by atoms with Gasteiger partial charge in [-0.25, -0.2) is 23.0 Å². The van der Waals surface area contributed by atoms with Gasteiger partial charge in [0.1, 0.15) is 30.8 Å². The number of carbonyl (C=O) groups excluding carboxylic acids is 1. The van der Waals surface area contributed by atoms with Crippen LogP contribution in [0.3, 0.4) is 0 Å². The van der Waals surface area contributed by atoms with E-state index in [0.29, 0.717) is 11.6 Å². The second-order valence-corrected chi connectivity index (χ2v) is 7.40. The topological polar surface area (TPSA) is 80.0 Å². The number of aliphatic hydroxyl groups is 1. The van der Waals surface area contributed by atoms with Crippen molar-refractivity contribution in [1.29, 1.82) is 0 Å². The first-order valence-electron chi connectivity index (χ1n) is 8.89. The Kier molecular flexibility index (Phi) is 5.71. The SMILES string of the molecule is C[N+](C)(CC(O)(Cn1cncn1)c1ccc(F)cc1F)NC(=O)c1ccccc1. The maximum absolute atomic E-state index is 14.5. The van der Waals surface area contributed by atoms with Crippen LogP contribution in [0.5, 0.6) is 0 Å². The molecule has 152 valence electrons. The number of carbonyl (C=O) groups is 1. The summed E-state index contributed by atoms with van der Waals surface area (Å²) in [5.41, 5.74) is 1.35. The molecule has 0 radical (unpaired) electrons. The molecule has 2 N–H and O–H groups in total. The van der Waals surface area contributed by atoms with Crippen LogP contribution in [-0.2, 0) is 12.1 Å². The van der Waals surface area contributed by atoms with Gasteiger partial charge in [-0.1, -0.05) is 18.2 Å². The maximum atomic E-state index is 14.5. The lowest BCUT2D eigenvalue weighted by Crippen LogP contribution is -2.60. The van der Waals surface area contributed by atoms with Crippen molar-refractivity contribution in [3.8, 4) is 0 Å². The Balaban J connectivity index is 1.90. The van der Waals surface area contributed by atoms with Crippen molar-refractivity contribution in [2.24, 2.45) is 0 Å². The Hall–Kier alpha value is -3.17. The first-order valence-corrected chi connectivity index (χ1v) is 8.89. The van der Waals surface area contributed by atoms with Crippen LogP contribution in [0.4, 0.5) is 8.78 Å². The van der Waals surface area contributed by atoms with Crippen molar-refractivity contribution in [2.75, 3.05) is 20.6 Å². The van der Waals surface area contributed by atoms with E-state index < -0.39 is 17.2 Å². The summed E-state index contributed by atoms with van der Waals surface area (Å²) >= 11 is 0. The van der Waals surface area contributed by atoms with Crippen molar-refractivity contribution in [2.45, 2.75) is 12.1 Å². The van der Waals surface area contributed by atoms with E-state index in [9.17, 15) is 18.7 Å². The molecule has 0 fully saturated rings. The van der Waals surface area contributed by atoms with Gasteiger partial charge in [0.05, 0.1) is 20.6 Å². The summed E-state index contributed by atoms with van der Waals surface area (Å²) in [6.45, 7) is -0.258. The number of likely N-dealkylation sites (N-methyl/N-ethyl adjacent to an activating group) is 1. The standard InChI is InChI=1S/C20H21F2N5O2/c1-27(2,25-19(28)15-6-4-3-5-7-15)12-20(29,11-26-14-23-13-24-26)17-9-8-16(21)10-18(17)22/h3-10,13-14,29H,11-12H2,1-2H3/p+1. The van der Waals surface area contributed by atoms with Gasteiger partial charge in [-0.2, -0.15) is 10.5 Å².